The summed E-state index contributed by atoms with van der Waals surface area (Å²) in [6.45, 7) is 2.89. The molecule has 1 aromatic carbocycles. The summed E-state index contributed by atoms with van der Waals surface area (Å²) in [5.41, 5.74) is 7.62. The molecule has 0 amide bonds. The molecular formula is C15H21N5. The number of anilines is 1. The average molecular weight is 271 g/mol. The first-order valence-corrected chi connectivity index (χ1v) is 7.28. The maximum atomic E-state index is 6.02. The molecule has 0 saturated heterocycles. The molecule has 3 rings (SSSR count). The van der Waals surface area contributed by atoms with Gasteiger partial charge >= 0.3 is 0 Å². The Balaban J connectivity index is 1.87. The van der Waals surface area contributed by atoms with E-state index in [1.165, 1.54) is 12.8 Å². The first-order valence-electron chi connectivity index (χ1n) is 7.28. The van der Waals surface area contributed by atoms with E-state index < -0.39 is 0 Å². The zero-order valence-electron chi connectivity index (χ0n) is 11.8. The van der Waals surface area contributed by atoms with Crippen LogP contribution in [-0.2, 0) is 0 Å². The lowest BCUT2D eigenvalue weighted by atomic mass is 9.76. The molecule has 1 aliphatic rings. The van der Waals surface area contributed by atoms with Crippen molar-refractivity contribution < 1.29 is 0 Å². The summed E-state index contributed by atoms with van der Waals surface area (Å²) in [6.07, 6.45) is 4.62. The maximum absolute atomic E-state index is 6.02. The molecule has 0 spiro atoms. The maximum Gasteiger partial charge on any atom is 0.243 e. The molecule has 1 aliphatic carbocycles. The Hall–Kier alpha value is -1.75. The highest BCUT2D eigenvalue weighted by molar-refractivity contribution is 5.74. The molecule has 1 heterocycles. The highest BCUT2D eigenvalue weighted by atomic mass is 15.3. The number of hydrogen-bond acceptors (Lipinski definition) is 5. The highest BCUT2D eigenvalue weighted by Crippen LogP contribution is 2.33. The van der Waals surface area contributed by atoms with Crippen LogP contribution in [-0.4, -0.2) is 27.3 Å². The van der Waals surface area contributed by atoms with Crippen molar-refractivity contribution in [2.24, 2.45) is 11.7 Å². The van der Waals surface area contributed by atoms with Gasteiger partial charge in [0.05, 0.1) is 11.1 Å². The van der Waals surface area contributed by atoms with Crippen LogP contribution in [0.4, 0.5) is 5.95 Å². The van der Waals surface area contributed by atoms with Crippen molar-refractivity contribution in [3.05, 3.63) is 24.3 Å². The number of aromatic nitrogens is 3. The van der Waals surface area contributed by atoms with Crippen molar-refractivity contribution >= 4 is 17.0 Å². The van der Waals surface area contributed by atoms with Gasteiger partial charge in [0, 0.05) is 6.54 Å². The van der Waals surface area contributed by atoms with Crippen molar-refractivity contribution in [2.45, 2.75) is 38.1 Å². The van der Waals surface area contributed by atoms with E-state index >= 15 is 0 Å². The lowest BCUT2D eigenvalue weighted by Gasteiger charge is -2.39. The Bertz CT molecular complexity index is 600. The second-order valence-corrected chi connectivity index (χ2v) is 5.94. The molecule has 0 radical (unpaired) electrons. The van der Waals surface area contributed by atoms with Crippen molar-refractivity contribution in [2.75, 3.05) is 11.9 Å². The number of para-hydroxylation sites is 1. The summed E-state index contributed by atoms with van der Waals surface area (Å²) in [6, 6.07) is 7.77. The minimum Gasteiger partial charge on any atom is -0.346 e. The van der Waals surface area contributed by atoms with Gasteiger partial charge in [0.15, 0.2) is 0 Å². The van der Waals surface area contributed by atoms with Gasteiger partial charge in [-0.25, -0.2) is 4.98 Å². The fraction of sp³-hybridized carbons (Fsp3) is 0.533. The largest absolute Gasteiger partial charge is 0.346 e. The summed E-state index contributed by atoms with van der Waals surface area (Å²) in [4.78, 5) is 4.55. The molecule has 1 aromatic heterocycles. The Morgan fingerprint density at radius 3 is 2.85 bits per heavy atom. The van der Waals surface area contributed by atoms with Crippen molar-refractivity contribution in [3.8, 4) is 0 Å². The number of benzene rings is 1. The number of nitrogens with one attached hydrogen (secondary N) is 1. The highest BCUT2D eigenvalue weighted by Gasteiger charge is 2.34. The van der Waals surface area contributed by atoms with E-state index in [0.29, 0.717) is 18.4 Å². The van der Waals surface area contributed by atoms with E-state index in [-0.39, 0.29) is 5.54 Å². The van der Waals surface area contributed by atoms with Gasteiger partial charge in [0.2, 0.25) is 5.95 Å². The van der Waals surface area contributed by atoms with Gasteiger partial charge in [-0.05, 0) is 30.9 Å². The average Bonchev–Trinajstić information content (AvgIpc) is 2.47. The van der Waals surface area contributed by atoms with Crippen LogP contribution in [0.5, 0.6) is 0 Å². The van der Waals surface area contributed by atoms with Crippen LogP contribution < -0.4 is 11.1 Å². The summed E-state index contributed by atoms with van der Waals surface area (Å²) in [7, 11) is 0. The molecule has 1 fully saturated rings. The molecule has 1 saturated carbocycles. The minimum absolute atomic E-state index is 0.0815. The van der Waals surface area contributed by atoms with Crippen LogP contribution >= 0.6 is 0 Å². The van der Waals surface area contributed by atoms with E-state index in [2.05, 4.69) is 27.4 Å². The predicted octanol–water partition coefficient (Wildman–Crippen LogP) is 2.34. The molecule has 2 atom stereocenters. The summed E-state index contributed by atoms with van der Waals surface area (Å²) >= 11 is 0. The van der Waals surface area contributed by atoms with E-state index in [1.54, 1.807) is 0 Å². The zero-order valence-corrected chi connectivity index (χ0v) is 11.8. The molecule has 106 valence electrons. The van der Waals surface area contributed by atoms with E-state index in [4.69, 9.17) is 5.73 Å². The molecule has 5 heteroatoms. The molecule has 2 aromatic rings. The predicted molar refractivity (Wildman–Crippen MR) is 80.4 cm³/mol. The fourth-order valence-corrected chi connectivity index (χ4v) is 3.18. The van der Waals surface area contributed by atoms with Crippen LogP contribution in [0.3, 0.4) is 0 Å². The first kappa shape index (κ1) is 13.2. The Morgan fingerprint density at radius 1 is 1.30 bits per heavy atom. The molecule has 5 nitrogen and oxygen atoms in total. The minimum atomic E-state index is -0.0815. The van der Waals surface area contributed by atoms with Gasteiger partial charge in [-0.15, -0.1) is 10.2 Å². The topological polar surface area (TPSA) is 76.7 Å². The lowest BCUT2D eigenvalue weighted by molar-refractivity contribution is 0.262. The molecule has 3 N–H and O–H groups in total. The number of hydrogen-bond donors (Lipinski definition) is 2. The van der Waals surface area contributed by atoms with Crippen LogP contribution in [0.1, 0.15) is 32.6 Å². The molecule has 20 heavy (non-hydrogen) atoms. The van der Waals surface area contributed by atoms with Crippen molar-refractivity contribution in [3.63, 3.8) is 0 Å². The number of fused-ring (bicyclic) bond motifs is 1. The van der Waals surface area contributed by atoms with Gasteiger partial charge in [-0.1, -0.05) is 31.9 Å². The van der Waals surface area contributed by atoms with Crippen LogP contribution in [0, 0.1) is 5.92 Å². The second kappa shape index (κ2) is 5.32. The van der Waals surface area contributed by atoms with Gasteiger partial charge in [-0.3, -0.25) is 0 Å². The second-order valence-electron chi connectivity index (χ2n) is 5.94. The van der Waals surface area contributed by atoms with Gasteiger partial charge < -0.3 is 11.1 Å². The molecule has 0 bridgehead atoms. The molecule has 2 unspecified atom stereocenters. The summed E-state index contributed by atoms with van der Waals surface area (Å²) in [5.74, 6) is 1.27. The van der Waals surface area contributed by atoms with Gasteiger partial charge in [-0.2, -0.15) is 0 Å². The quantitative estimate of drug-likeness (QED) is 0.896. The van der Waals surface area contributed by atoms with Crippen molar-refractivity contribution in [1.29, 1.82) is 0 Å². The monoisotopic (exact) mass is 271 g/mol. The lowest BCUT2D eigenvalue weighted by Crippen LogP contribution is -2.49. The Morgan fingerprint density at radius 2 is 2.10 bits per heavy atom. The van der Waals surface area contributed by atoms with Crippen molar-refractivity contribution in [1.82, 2.24) is 15.2 Å². The third-order valence-corrected chi connectivity index (χ3v) is 4.22. The number of rotatable bonds is 3. The first-order chi connectivity index (χ1) is 9.71. The normalized spacial score (nSPS) is 26.6. The molecular weight excluding hydrogens is 250 g/mol. The summed E-state index contributed by atoms with van der Waals surface area (Å²) < 4.78 is 0. The third kappa shape index (κ3) is 2.58. The van der Waals surface area contributed by atoms with E-state index in [0.717, 1.165) is 23.9 Å². The standard InChI is InChI=1S/C15H21N5/c1-11-5-4-8-15(9-11,10-16)18-14-17-12-6-2-3-7-13(12)19-20-14/h2-3,6-7,11H,4-5,8-10,16H2,1H3,(H,17,18,20). The third-order valence-electron chi connectivity index (χ3n) is 4.22. The van der Waals surface area contributed by atoms with E-state index in [9.17, 15) is 0 Å². The van der Waals surface area contributed by atoms with Crippen LogP contribution in [0.25, 0.3) is 11.0 Å². The van der Waals surface area contributed by atoms with Gasteiger partial charge in [0.25, 0.3) is 0 Å². The van der Waals surface area contributed by atoms with E-state index in [1.807, 2.05) is 24.3 Å². The fourth-order valence-electron chi connectivity index (χ4n) is 3.18. The zero-order chi connectivity index (χ0) is 14.0. The number of nitrogens with two attached hydrogens (primary N) is 1. The van der Waals surface area contributed by atoms with Gasteiger partial charge in [0.1, 0.15) is 5.52 Å². The van der Waals surface area contributed by atoms with Crippen LogP contribution in [0.2, 0.25) is 0 Å². The number of nitrogens with zero attached hydrogens (tertiary/aromatic N) is 3. The summed E-state index contributed by atoms with van der Waals surface area (Å²) in [5, 5.41) is 11.9. The SMILES string of the molecule is CC1CCCC(CN)(Nc2nnc3ccccc3n2)C1. The smallest absolute Gasteiger partial charge is 0.243 e. The molecule has 0 aliphatic heterocycles. The Labute approximate surface area is 119 Å². The van der Waals surface area contributed by atoms with Crippen LogP contribution in [0.15, 0.2) is 24.3 Å². The Kier molecular flexibility index (Phi) is 3.53.